The van der Waals surface area contributed by atoms with Crippen LogP contribution in [-0.2, 0) is 0 Å². The van der Waals surface area contributed by atoms with E-state index in [4.69, 9.17) is 9.97 Å². The second kappa shape index (κ2) is 7.38. The Hall–Kier alpha value is -2.28. The first-order chi connectivity index (χ1) is 13.0. The molecule has 0 bridgehead atoms. The number of hydrogen-bond acceptors (Lipinski definition) is 7. The zero-order valence-corrected chi connectivity index (χ0v) is 17.2. The summed E-state index contributed by atoms with van der Waals surface area (Å²) in [5.41, 5.74) is 1.13. The highest BCUT2D eigenvalue weighted by atomic mass is 32.1. The topological polar surface area (TPSA) is 58.0 Å². The van der Waals surface area contributed by atoms with Crippen LogP contribution in [0.15, 0.2) is 23.8 Å². The van der Waals surface area contributed by atoms with Crippen LogP contribution in [-0.4, -0.2) is 46.1 Å². The van der Waals surface area contributed by atoms with Gasteiger partial charge in [0.05, 0.1) is 5.39 Å². The van der Waals surface area contributed by atoms with Gasteiger partial charge in [-0.25, -0.2) is 19.9 Å². The average Bonchev–Trinajstić information content (AvgIpc) is 3.16. The van der Waals surface area contributed by atoms with E-state index in [2.05, 4.69) is 65.0 Å². The van der Waals surface area contributed by atoms with Gasteiger partial charge in [0.25, 0.3) is 0 Å². The highest BCUT2D eigenvalue weighted by Gasteiger charge is 2.22. The van der Waals surface area contributed by atoms with E-state index in [1.165, 1.54) is 0 Å². The lowest BCUT2D eigenvalue weighted by molar-refractivity contribution is 0.634. The number of rotatable bonds is 4. The fraction of sp³-hybridized carbons (Fsp3) is 0.500. The van der Waals surface area contributed by atoms with Gasteiger partial charge >= 0.3 is 0 Å². The van der Waals surface area contributed by atoms with E-state index >= 15 is 0 Å². The number of nitrogens with zero attached hydrogens (tertiary/aromatic N) is 6. The monoisotopic (exact) mass is 382 g/mol. The Balaban J connectivity index is 1.55. The van der Waals surface area contributed by atoms with Crippen LogP contribution in [0.5, 0.6) is 0 Å². The quantitative estimate of drug-likeness (QED) is 0.678. The molecule has 0 N–H and O–H groups in total. The Morgan fingerprint density at radius 3 is 2.37 bits per heavy atom. The fourth-order valence-corrected chi connectivity index (χ4v) is 4.09. The van der Waals surface area contributed by atoms with Crippen LogP contribution in [0.2, 0.25) is 0 Å². The Morgan fingerprint density at radius 1 is 0.926 bits per heavy atom. The molecule has 27 heavy (non-hydrogen) atoms. The van der Waals surface area contributed by atoms with Crippen LogP contribution in [0.4, 0.5) is 11.6 Å². The maximum absolute atomic E-state index is 4.85. The summed E-state index contributed by atoms with van der Waals surface area (Å²) in [6.07, 6.45) is 1.68. The molecule has 1 aliphatic rings. The molecule has 0 aromatic carbocycles. The van der Waals surface area contributed by atoms with Crippen molar-refractivity contribution < 1.29 is 0 Å². The smallest absolute Gasteiger partial charge is 0.140 e. The van der Waals surface area contributed by atoms with E-state index in [1.807, 2.05) is 0 Å². The first-order valence-corrected chi connectivity index (χ1v) is 10.5. The van der Waals surface area contributed by atoms with Gasteiger partial charge in [-0.05, 0) is 17.4 Å². The lowest BCUT2D eigenvalue weighted by Gasteiger charge is -2.36. The summed E-state index contributed by atoms with van der Waals surface area (Å²) >= 11 is 1.67. The summed E-state index contributed by atoms with van der Waals surface area (Å²) in [5.74, 6) is 3.78. The van der Waals surface area contributed by atoms with Crippen molar-refractivity contribution in [1.82, 2.24) is 19.9 Å². The summed E-state index contributed by atoms with van der Waals surface area (Å²) in [4.78, 5) is 24.3. The Morgan fingerprint density at radius 2 is 1.67 bits per heavy atom. The molecule has 1 fully saturated rings. The summed E-state index contributed by atoms with van der Waals surface area (Å²) in [7, 11) is 0. The van der Waals surface area contributed by atoms with Crippen molar-refractivity contribution in [3.05, 3.63) is 35.4 Å². The standard InChI is InChI=1S/C20H26N6S/c1-13(2)16-11-17(24-18(23-16)14(3)4)25-6-8-26(9-7-25)19-15-5-10-27-20(15)22-12-21-19/h5,10-14H,6-9H2,1-4H3. The molecule has 0 unspecified atom stereocenters. The number of piperazine rings is 1. The van der Waals surface area contributed by atoms with E-state index in [-0.39, 0.29) is 0 Å². The maximum atomic E-state index is 4.85. The van der Waals surface area contributed by atoms with Crippen molar-refractivity contribution in [3.63, 3.8) is 0 Å². The van der Waals surface area contributed by atoms with Crippen LogP contribution in [0.1, 0.15) is 51.0 Å². The number of anilines is 2. The van der Waals surface area contributed by atoms with Gasteiger partial charge in [0.2, 0.25) is 0 Å². The Labute approximate surface area is 164 Å². The molecule has 4 rings (SSSR count). The minimum absolute atomic E-state index is 0.330. The molecular weight excluding hydrogens is 356 g/mol. The van der Waals surface area contributed by atoms with Crippen molar-refractivity contribution in [2.75, 3.05) is 36.0 Å². The molecule has 0 saturated carbocycles. The minimum Gasteiger partial charge on any atom is -0.353 e. The lowest BCUT2D eigenvalue weighted by Crippen LogP contribution is -2.47. The SMILES string of the molecule is CC(C)c1cc(N2CCN(c3ncnc4sccc34)CC2)nc(C(C)C)n1. The van der Waals surface area contributed by atoms with Gasteiger partial charge < -0.3 is 9.80 Å². The van der Waals surface area contributed by atoms with Crippen molar-refractivity contribution in [2.45, 2.75) is 39.5 Å². The molecule has 0 radical (unpaired) electrons. The van der Waals surface area contributed by atoms with E-state index in [0.717, 1.165) is 59.5 Å². The lowest BCUT2D eigenvalue weighted by atomic mass is 10.1. The summed E-state index contributed by atoms with van der Waals surface area (Å²) < 4.78 is 0. The van der Waals surface area contributed by atoms with Crippen LogP contribution >= 0.6 is 11.3 Å². The third kappa shape index (κ3) is 3.60. The molecule has 6 nitrogen and oxygen atoms in total. The van der Waals surface area contributed by atoms with Gasteiger partial charge in [0.1, 0.15) is 28.6 Å². The third-order valence-corrected chi connectivity index (χ3v) is 5.82. The normalized spacial score (nSPS) is 15.3. The molecule has 3 aromatic heterocycles. The van der Waals surface area contributed by atoms with E-state index < -0.39 is 0 Å². The average molecular weight is 383 g/mol. The van der Waals surface area contributed by atoms with Crippen molar-refractivity contribution in [2.24, 2.45) is 0 Å². The van der Waals surface area contributed by atoms with Gasteiger partial charge in [-0.3, -0.25) is 0 Å². The number of hydrogen-bond donors (Lipinski definition) is 0. The Kier molecular flexibility index (Phi) is 4.95. The largest absolute Gasteiger partial charge is 0.353 e. The van der Waals surface area contributed by atoms with Crippen LogP contribution in [0.25, 0.3) is 10.2 Å². The zero-order valence-electron chi connectivity index (χ0n) is 16.4. The molecule has 3 aromatic rings. The highest BCUT2D eigenvalue weighted by molar-refractivity contribution is 7.16. The van der Waals surface area contributed by atoms with Crippen LogP contribution in [0, 0.1) is 0 Å². The second-order valence-electron chi connectivity index (χ2n) is 7.63. The van der Waals surface area contributed by atoms with Crippen molar-refractivity contribution in [1.29, 1.82) is 0 Å². The molecule has 0 aliphatic carbocycles. The first-order valence-electron chi connectivity index (χ1n) is 9.60. The summed E-state index contributed by atoms with van der Waals surface area (Å²) in [5, 5.41) is 3.24. The third-order valence-electron chi connectivity index (χ3n) is 5.00. The van der Waals surface area contributed by atoms with Crippen molar-refractivity contribution >= 4 is 33.2 Å². The molecule has 4 heterocycles. The molecule has 1 aliphatic heterocycles. The molecule has 0 amide bonds. The summed E-state index contributed by atoms with van der Waals surface area (Å²) in [6, 6.07) is 4.28. The van der Waals surface area contributed by atoms with Crippen molar-refractivity contribution in [3.8, 4) is 0 Å². The Bertz CT molecular complexity index is 901. The molecular formula is C20H26N6S. The first kappa shape index (κ1) is 18.1. The van der Waals surface area contributed by atoms with Gasteiger partial charge in [0, 0.05) is 43.9 Å². The fourth-order valence-electron chi connectivity index (χ4n) is 3.36. The molecule has 142 valence electrons. The van der Waals surface area contributed by atoms with Gasteiger partial charge in [-0.1, -0.05) is 27.7 Å². The molecule has 7 heteroatoms. The van der Waals surface area contributed by atoms with Gasteiger partial charge in [-0.2, -0.15) is 0 Å². The molecule has 0 atom stereocenters. The molecule has 1 saturated heterocycles. The highest BCUT2D eigenvalue weighted by Crippen LogP contribution is 2.28. The molecule has 0 spiro atoms. The minimum atomic E-state index is 0.330. The van der Waals surface area contributed by atoms with E-state index in [0.29, 0.717) is 11.8 Å². The van der Waals surface area contributed by atoms with Gasteiger partial charge in [-0.15, -0.1) is 11.3 Å². The second-order valence-corrected chi connectivity index (χ2v) is 8.52. The number of thiophene rings is 1. The predicted molar refractivity (Wildman–Crippen MR) is 112 cm³/mol. The predicted octanol–water partition coefficient (Wildman–Crippen LogP) is 4.05. The van der Waals surface area contributed by atoms with Crippen LogP contribution < -0.4 is 9.80 Å². The zero-order chi connectivity index (χ0) is 19.0. The summed E-state index contributed by atoms with van der Waals surface area (Å²) in [6.45, 7) is 12.4. The van der Waals surface area contributed by atoms with E-state index in [1.54, 1.807) is 17.7 Å². The number of fused-ring (bicyclic) bond motifs is 1. The van der Waals surface area contributed by atoms with Gasteiger partial charge in [0.15, 0.2) is 0 Å². The van der Waals surface area contributed by atoms with E-state index in [9.17, 15) is 0 Å². The maximum Gasteiger partial charge on any atom is 0.140 e. The van der Waals surface area contributed by atoms with Crippen LogP contribution in [0.3, 0.4) is 0 Å². The number of aromatic nitrogens is 4.